The van der Waals surface area contributed by atoms with Crippen molar-refractivity contribution in [1.29, 1.82) is 10.5 Å². The molecule has 0 amide bonds. The molecule has 119 heavy (non-hydrogen) atoms. The van der Waals surface area contributed by atoms with Crippen LogP contribution in [-0.2, 0) is 32.5 Å². The zero-order valence-electron chi connectivity index (χ0n) is 71.8. The van der Waals surface area contributed by atoms with E-state index in [0.717, 1.165) is 139 Å². The molecule has 3 aliphatic rings. The molecule has 0 bridgehead atoms. The highest BCUT2D eigenvalue weighted by molar-refractivity contribution is 7.00. The molecule has 0 saturated carbocycles. The first-order chi connectivity index (χ1) is 56.7. The second kappa shape index (κ2) is 26.3. The molecule has 0 N–H and O–H groups in total. The Morgan fingerprint density at radius 2 is 0.655 bits per heavy atom. The van der Waals surface area contributed by atoms with Crippen LogP contribution in [0.15, 0.2) is 273 Å². The van der Waals surface area contributed by atoms with Crippen LogP contribution in [-0.4, -0.2) is 20.4 Å². The van der Waals surface area contributed by atoms with E-state index in [9.17, 15) is 10.5 Å². The number of fused-ring (bicyclic) bond motifs is 16. The lowest BCUT2D eigenvalue weighted by Gasteiger charge is -2.45. The van der Waals surface area contributed by atoms with Crippen LogP contribution in [0.3, 0.4) is 0 Å². The number of rotatable bonds is 7. The highest BCUT2D eigenvalue weighted by atomic mass is 15.2. The van der Waals surface area contributed by atoms with Crippen LogP contribution >= 0.6 is 0 Å². The van der Waals surface area contributed by atoms with Crippen molar-refractivity contribution in [2.24, 2.45) is 0 Å². The zero-order chi connectivity index (χ0) is 82.8. The molecule has 14 aromatic carbocycles. The van der Waals surface area contributed by atoms with Gasteiger partial charge in [-0.3, -0.25) is 0 Å². The van der Waals surface area contributed by atoms with Crippen LogP contribution in [0.1, 0.15) is 192 Å². The molecule has 0 fully saturated rings. The van der Waals surface area contributed by atoms with Crippen molar-refractivity contribution in [1.82, 2.24) is 13.7 Å². The van der Waals surface area contributed by atoms with Crippen molar-refractivity contribution in [2.75, 3.05) is 9.80 Å². The fourth-order valence-electron chi connectivity index (χ4n) is 19.8. The lowest BCUT2D eigenvalue weighted by molar-refractivity contribution is 0.569. The third-order valence-corrected chi connectivity index (χ3v) is 26.3. The van der Waals surface area contributed by atoms with Crippen LogP contribution in [0.4, 0.5) is 34.1 Å². The molecule has 17 aromatic rings. The van der Waals surface area contributed by atoms with E-state index in [1.54, 1.807) is 0 Å². The van der Waals surface area contributed by atoms with Crippen molar-refractivity contribution in [3.8, 4) is 51.5 Å². The number of anilines is 6. The van der Waals surface area contributed by atoms with E-state index in [-0.39, 0.29) is 38.4 Å². The fraction of sp³-hybridized carbons (Fsp3) is 0.225. The Labute approximate surface area is 700 Å². The van der Waals surface area contributed by atoms with E-state index in [2.05, 4.69) is 433 Å². The van der Waals surface area contributed by atoms with Gasteiger partial charge in [0.2, 0.25) is 0 Å². The molecular weight excluding hydrogens is 1440 g/mol. The quantitative estimate of drug-likeness (QED) is 0.149. The van der Waals surface area contributed by atoms with Crippen molar-refractivity contribution >= 4 is 123 Å². The predicted molar refractivity (Wildman–Crippen MR) is 503 cm³/mol. The Morgan fingerprint density at radius 1 is 0.261 bits per heavy atom. The standard InChI is InChI=1S/C111H100BN7/c1-106(2,3)68-44-51-96-85(57-68)86-58-69(107(4,5)6)45-52-97(86)115(96)74-46-50-90-101(61-74)119(95-40-28-39-94(88(95)65-114)117-91-36-25-23-31-78(91)79-32-24-26-37-92(79)117)103-63-75(116-98-59-70(108(7,8)9)42-47-80(98)81-48-43-71(60-99(81)116)109(10,11)12)62-102-105(103)112(90)89-49-41-66(67-53-72(110(13,14)15)56-73(54-67)111(16,17)18)55-100(89)118(102)93-38-27-35-84(87(93)64-113)104-82-33-21-19-29-76(82)77-30-20-22-34-83(77)104/h19-63,104H,1-18H3. The van der Waals surface area contributed by atoms with Crippen LogP contribution < -0.4 is 26.2 Å². The molecule has 0 unspecified atom stereocenters. The van der Waals surface area contributed by atoms with Gasteiger partial charge in [-0.2, -0.15) is 10.5 Å². The molecule has 3 aromatic heterocycles. The van der Waals surface area contributed by atoms with Gasteiger partial charge < -0.3 is 23.5 Å². The van der Waals surface area contributed by atoms with Gasteiger partial charge in [0.15, 0.2) is 0 Å². The van der Waals surface area contributed by atoms with Gasteiger partial charge >= 0.3 is 0 Å². The van der Waals surface area contributed by atoms with E-state index < -0.39 is 6.71 Å². The summed E-state index contributed by atoms with van der Waals surface area (Å²) in [4.78, 5) is 4.97. The lowest BCUT2D eigenvalue weighted by Crippen LogP contribution is -2.61. The fourth-order valence-corrected chi connectivity index (χ4v) is 19.8. The second-order valence-corrected chi connectivity index (χ2v) is 40.0. The number of benzene rings is 14. The summed E-state index contributed by atoms with van der Waals surface area (Å²) in [5, 5.41) is 32.5. The smallest absolute Gasteiger partial charge is 0.252 e. The molecule has 0 spiro atoms. The molecule has 7 nitrogen and oxygen atoms in total. The van der Waals surface area contributed by atoms with Crippen LogP contribution in [0, 0.1) is 22.7 Å². The van der Waals surface area contributed by atoms with Gasteiger partial charge in [-0.25, -0.2) is 0 Å². The summed E-state index contributed by atoms with van der Waals surface area (Å²) in [5.41, 5.74) is 33.3. The Bertz CT molecular complexity index is 7020. The summed E-state index contributed by atoms with van der Waals surface area (Å²) in [6.07, 6.45) is 0. The minimum Gasteiger partial charge on any atom is -0.310 e. The van der Waals surface area contributed by atoms with Gasteiger partial charge in [-0.15, -0.1) is 0 Å². The van der Waals surface area contributed by atoms with E-state index in [0.29, 0.717) is 11.1 Å². The molecule has 5 heterocycles. The topological polar surface area (TPSA) is 68.8 Å². The summed E-state index contributed by atoms with van der Waals surface area (Å²) in [6.45, 7) is 41.3. The van der Waals surface area contributed by atoms with Crippen molar-refractivity contribution in [2.45, 2.75) is 163 Å². The first-order valence-electron chi connectivity index (χ1n) is 42.4. The van der Waals surface area contributed by atoms with Gasteiger partial charge in [-0.1, -0.05) is 301 Å². The Hall–Kier alpha value is -12.9. The van der Waals surface area contributed by atoms with Crippen LogP contribution in [0.5, 0.6) is 0 Å². The molecule has 0 radical (unpaired) electrons. The van der Waals surface area contributed by atoms with Crippen molar-refractivity contribution in [3.63, 3.8) is 0 Å². The Morgan fingerprint density at radius 3 is 1.16 bits per heavy atom. The number of hydrogen-bond donors (Lipinski definition) is 0. The third kappa shape index (κ3) is 11.7. The molecule has 0 atom stereocenters. The predicted octanol–water partition coefficient (Wildman–Crippen LogP) is 27.4. The molecule has 8 heteroatoms. The van der Waals surface area contributed by atoms with Gasteiger partial charge in [0.1, 0.15) is 17.7 Å². The van der Waals surface area contributed by atoms with E-state index in [4.69, 9.17) is 0 Å². The Balaban J connectivity index is 0.968. The summed E-state index contributed by atoms with van der Waals surface area (Å²) in [5.74, 6) is -0.235. The summed E-state index contributed by atoms with van der Waals surface area (Å²) >= 11 is 0. The summed E-state index contributed by atoms with van der Waals surface area (Å²) in [6, 6.07) is 109. The maximum absolute atomic E-state index is 12.8. The number of para-hydroxylation sites is 2. The zero-order valence-corrected chi connectivity index (χ0v) is 71.8. The molecule has 1 aliphatic carbocycles. The first-order valence-corrected chi connectivity index (χ1v) is 42.4. The minimum atomic E-state index is -0.408. The Kier molecular flexibility index (Phi) is 16.6. The number of nitriles is 2. The molecule has 20 rings (SSSR count). The number of aromatic nitrogens is 3. The van der Waals surface area contributed by atoms with Gasteiger partial charge in [-0.05, 0) is 218 Å². The van der Waals surface area contributed by atoms with Gasteiger partial charge in [0.25, 0.3) is 6.71 Å². The highest BCUT2D eigenvalue weighted by Gasteiger charge is 2.47. The van der Waals surface area contributed by atoms with Crippen molar-refractivity contribution in [3.05, 3.63) is 334 Å². The average molecular weight is 1540 g/mol. The molecular formula is C111H100BN7. The maximum atomic E-state index is 12.8. The summed E-state index contributed by atoms with van der Waals surface area (Å²) < 4.78 is 7.35. The lowest BCUT2D eigenvalue weighted by atomic mass is 9.33. The normalized spacial score (nSPS) is 13.7. The van der Waals surface area contributed by atoms with E-state index in [1.165, 1.54) is 66.4 Å². The monoisotopic (exact) mass is 1540 g/mol. The largest absolute Gasteiger partial charge is 0.310 e. The molecule has 2 aliphatic heterocycles. The van der Waals surface area contributed by atoms with Crippen molar-refractivity contribution < 1.29 is 0 Å². The highest BCUT2D eigenvalue weighted by Crippen LogP contribution is 2.55. The van der Waals surface area contributed by atoms with Crippen LogP contribution in [0.25, 0.3) is 105 Å². The van der Waals surface area contributed by atoms with E-state index >= 15 is 0 Å². The van der Waals surface area contributed by atoms with Crippen LogP contribution in [0.2, 0.25) is 0 Å². The SMILES string of the molecule is CC(C)(C)c1cc(-c2ccc3c(c2)N(c2cccc(C4c5ccccc5-c5ccccc54)c2C#N)c2cc(-n4c5cc(C(C)(C)C)ccc5c5ccc(C(C)(C)C)cc54)cc4c2B3c2ccc(-n3c5ccc(C(C)(C)C)cc5c5cc(C(C)(C)C)ccc53)cc2N4c2cccc(-n3c4ccccc4c4ccccc43)c2C#N)cc(C(C)(C)C)c1. The second-order valence-electron chi connectivity index (χ2n) is 40.0. The molecule has 582 valence electrons. The van der Waals surface area contributed by atoms with Gasteiger partial charge in [0.05, 0.1) is 61.4 Å². The first kappa shape index (κ1) is 74.9. The van der Waals surface area contributed by atoms with Gasteiger partial charge in [0, 0.05) is 66.7 Å². The number of nitrogens with zero attached hydrogens (tertiary/aromatic N) is 7. The minimum absolute atomic E-state index is 0.108. The van der Waals surface area contributed by atoms with E-state index in [1.807, 2.05) is 0 Å². The number of hydrogen-bond acceptors (Lipinski definition) is 4. The molecule has 0 saturated heterocycles. The summed E-state index contributed by atoms with van der Waals surface area (Å²) in [7, 11) is 0. The average Bonchev–Trinajstić information content (AvgIpc) is 1.28. The maximum Gasteiger partial charge on any atom is 0.252 e. The third-order valence-electron chi connectivity index (χ3n) is 26.3.